The molecule has 1 rings (SSSR count). The molecule has 3 heteroatoms. The summed E-state index contributed by atoms with van der Waals surface area (Å²) in [5.41, 5.74) is 0.813. The highest BCUT2D eigenvalue weighted by molar-refractivity contribution is 7.99. The van der Waals surface area contributed by atoms with Crippen LogP contribution in [0, 0.1) is 0 Å². The van der Waals surface area contributed by atoms with Crippen molar-refractivity contribution in [3.63, 3.8) is 0 Å². The van der Waals surface area contributed by atoms with Crippen molar-refractivity contribution in [1.82, 2.24) is 0 Å². The van der Waals surface area contributed by atoms with Crippen LogP contribution in [-0.2, 0) is 4.79 Å². The molecule has 1 aromatic carbocycles. The minimum absolute atomic E-state index is 0.177. The summed E-state index contributed by atoms with van der Waals surface area (Å²) >= 11 is 1.75. The van der Waals surface area contributed by atoms with Gasteiger partial charge in [-0.3, -0.25) is 4.79 Å². The van der Waals surface area contributed by atoms with Gasteiger partial charge in [-0.1, -0.05) is 19.6 Å². The average Bonchev–Trinajstić information content (AvgIpc) is 2.19. The van der Waals surface area contributed by atoms with Crippen LogP contribution in [-0.4, -0.2) is 11.7 Å². The normalized spacial score (nSPS) is 9.50. The number of thioether (sulfide) groups is 1. The zero-order valence-electron chi connectivity index (χ0n) is 8.12. The van der Waals surface area contributed by atoms with Crippen molar-refractivity contribution >= 4 is 23.4 Å². The first kappa shape index (κ1) is 10.9. The average molecular weight is 207 g/mol. The molecular formula is C11H13NOS. The van der Waals surface area contributed by atoms with E-state index in [-0.39, 0.29) is 5.91 Å². The largest absolute Gasteiger partial charge is 0.322 e. The summed E-state index contributed by atoms with van der Waals surface area (Å²) in [7, 11) is 0. The molecule has 0 radical (unpaired) electrons. The maximum atomic E-state index is 11.0. The van der Waals surface area contributed by atoms with Gasteiger partial charge in [0.2, 0.25) is 5.91 Å². The number of hydrogen-bond acceptors (Lipinski definition) is 2. The van der Waals surface area contributed by atoms with Crippen molar-refractivity contribution in [2.45, 2.75) is 11.8 Å². The van der Waals surface area contributed by atoms with Crippen LogP contribution in [0.2, 0.25) is 0 Å². The fraction of sp³-hybridized carbons (Fsp3) is 0.182. The van der Waals surface area contributed by atoms with Crippen LogP contribution in [0.25, 0.3) is 0 Å². The van der Waals surface area contributed by atoms with Gasteiger partial charge < -0.3 is 5.32 Å². The number of hydrogen-bond donors (Lipinski definition) is 1. The van der Waals surface area contributed by atoms with E-state index < -0.39 is 0 Å². The van der Waals surface area contributed by atoms with Crippen LogP contribution in [0.3, 0.4) is 0 Å². The number of carbonyl (C=O) groups is 1. The molecule has 0 unspecified atom stereocenters. The number of carbonyl (C=O) groups excluding carboxylic acids is 1. The van der Waals surface area contributed by atoms with Crippen molar-refractivity contribution in [1.29, 1.82) is 0 Å². The Morgan fingerprint density at radius 3 is 3.07 bits per heavy atom. The Hall–Kier alpha value is -1.22. The molecule has 0 aromatic heterocycles. The minimum atomic E-state index is -0.177. The lowest BCUT2D eigenvalue weighted by Crippen LogP contribution is -2.06. The zero-order valence-corrected chi connectivity index (χ0v) is 8.93. The highest BCUT2D eigenvalue weighted by Crippen LogP contribution is 2.20. The van der Waals surface area contributed by atoms with E-state index in [1.54, 1.807) is 11.8 Å². The third-order valence-corrected chi connectivity index (χ3v) is 2.47. The molecular weight excluding hydrogens is 194 g/mol. The zero-order chi connectivity index (χ0) is 10.4. The Bertz CT molecular complexity index is 336. The van der Waals surface area contributed by atoms with E-state index in [9.17, 15) is 4.79 Å². The van der Waals surface area contributed by atoms with Crippen molar-refractivity contribution in [3.8, 4) is 0 Å². The van der Waals surface area contributed by atoms with Gasteiger partial charge in [-0.15, -0.1) is 11.8 Å². The van der Waals surface area contributed by atoms with Gasteiger partial charge in [0.15, 0.2) is 0 Å². The first-order valence-corrected chi connectivity index (χ1v) is 5.41. The standard InChI is InChI=1S/C11H13NOS/c1-3-11(13)12-9-6-5-7-10(8-9)14-4-2/h3,5-8H,1,4H2,2H3,(H,12,13). The number of rotatable bonds is 4. The molecule has 1 N–H and O–H groups in total. The topological polar surface area (TPSA) is 29.1 Å². The highest BCUT2D eigenvalue weighted by atomic mass is 32.2. The summed E-state index contributed by atoms with van der Waals surface area (Å²) in [6.07, 6.45) is 1.26. The van der Waals surface area contributed by atoms with E-state index in [1.807, 2.05) is 24.3 Å². The fourth-order valence-electron chi connectivity index (χ4n) is 1.02. The molecule has 0 fully saturated rings. The predicted octanol–water partition coefficient (Wildman–Crippen LogP) is 2.92. The van der Waals surface area contributed by atoms with Crippen molar-refractivity contribution < 1.29 is 4.79 Å². The number of benzene rings is 1. The van der Waals surface area contributed by atoms with Crippen LogP contribution in [0.1, 0.15) is 6.92 Å². The molecule has 0 saturated heterocycles. The Kier molecular flexibility index (Phi) is 4.26. The molecule has 0 aliphatic rings. The summed E-state index contributed by atoms with van der Waals surface area (Å²) in [5.74, 6) is 0.849. The number of nitrogens with one attached hydrogen (secondary N) is 1. The van der Waals surface area contributed by atoms with Gasteiger partial charge in [-0.25, -0.2) is 0 Å². The first-order chi connectivity index (χ1) is 6.76. The Labute approximate surface area is 88.4 Å². The van der Waals surface area contributed by atoms with Gasteiger partial charge >= 0.3 is 0 Å². The summed E-state index contributed by atoms with van der Waals surface area (Å²) in [6, 6.07) is 7.77. The van der Waals surface area contributed by atoms with Gasteiger partial charge in [-0.2, -0.15) is 0 Å². The molecule has 1 amide bonds. The number of anilines is 1. The van der Waals surface area contributed by atoms with Crippen LogP contribution < -0.4 is 5.32 Å². The second-order valence-electron chi connectivity index (χ2n) is 2.65. The smallest absolute Gasteiger partial charge is 0.247 e. The second-order valence-corrected chi connectivity index (χ2v) is 3.99. The molecule has 0 aliphatic carbocycles. The maximum Gasteiger partial charge on any atom is 0.247 e. The van der Waals surface area contributed by atoms with Gasteiger partial charge in [-0.05, 0) is 30.0 Å². The molecule has 0 bridgehead atoms. The second kappa shape index (κ2) is 5.50. The molecule has 0 spiro atoms. The maximum absolute atomic E-state index is 11.0. The molecule has 0 atom stereocenters. The lowest BCUT2D eigenvalue weighted by Gasteiger charge is -2.04. The number of amides is 1. The van der Waals surface area contributed by atoms with E-state index in [2.05, 4.69) is 18.8 Å². The lowest BCUT2D eigenvalue weighted by atomic mass is 10.3. The van der Waals surface area contributed by atoms with Gasteiger partial charge in [0.25, 0.3) is 0 Å². The van der Waals surface area contributed by atoms with Crippen LogP contribution in [0.4, 0.5) is 5.69 Å². The van der Waals surface area contributed by atoms with Crippen LogP contribution in [0.15, 0.2) is 41.8 Å². The van der Waals surface area contributed by atoms with E-state index in [0.717, 1.165) is 16.3 Å². The Morgan fingerprint density at radius 2 is 2.43 bits per heavy atom. The Balaban J connectivity index is 2.72. The minimum Gasteiger partial charge on any atom is -0.322 e. The lowest BCUT2D eigenvalue weighted by molar-refractivity contribution is -0.111. The molecule has 14 heavy (non-hydrogen) atoms. The van der Waals surface area contributed by atoms with E-state index >= 15 is 0 Å². The molecule has 0 heterocycles. The van der Waals surface area contributed by atoms with E-state index in [1.165, 1.54) is 6.08 Å². The first-order valence-electron chi connectivity index (χ1n) is 4.42. The fourth-order valence-corrected chi connectivity index (χ4v) is 1.74. The molecule has 74 valence electrons. The van der Waals surface area contributed by atoms with E-state index in [4.69, 9.17) is 0 Å². The molecule has 0 aliphatic heterocycles. The molecule has 0 saturated carbocycles. The quantitative estimate of drug-likeness (QED) is 0.607. The SMILES string of the molecule is C=CC(=O)Nc1cccc(SCC)c1. The van der Waals surface area contributed by atoms with Crippen molar-refractivity contribution in [2.24, 2.45) is 0 Å². The molecule has 1 aromatic rings. The molecule has 2 nitrogen and oxygen atoms in total. The van der Waals surface area contributed by atoms with Gasteiger partial charge in [0.05, 0.1) is 0 Å². The third kappa shape index (κ3) is 3.26. The van der Waals surface area contributed by atoms with Crippen LogP contribution >= 0.6 is 11.8 Å². The summed E-state index contributed by atoms with van der Waals surface area (Å²) in [4.78, 5) is 12.2. The summed E-state index contributed by atoms with van der Waals surface area (Å²) in [6.45, 7) is 5.50. The van der Waals surface area contributed by atoms with Crippen molar-refractivity contribution in [2.75, 3.05) is 11.1 Å². The van der Waals surface area contributed by atoms with Gasteiger partial charge in [0, 0.05) is 10.6 Å². The third-order valence-electron chi connectivity index (χ3n) is 1.60. The van der Waals surface area contributed by atoms with Crippen LogP contribution in [0.5, 0.6) is 0 Å². The van der Waals surface area contributed by atoms with E-state index in [0.29, 0.717) is 0 Å². The Morgan fingerprint density at radius 1 is 1.64 bits per heavy atom. The highest BCUT2D eigenvalue weighted by Gasteiger charge is 1.98. The predicted molar refractivity (Wildman–Crippen MR) is 61.7 cm³/mol. The van der Waals surface area contributed by atoms with Gasteiger partial charge in [0.1, 0.15) is 0 Å². The van der Waals surface area contributed by atoms with Crippen molar-refractivity contribution in [3.05, 3.63) is 36.9 Å². The monoisotopic (exact) mass is 207 g/mol. The summed E-state index contributed by atoms with van der Waals surface area (Å²) < 4.78 is 0. The summed E-state index contributed by atoms with van der Waals surface area (Å²) in [5, 5.41) is 2.72.